The Bertz CT molecular complexity index is 839. The van der Waals surface area contributed by atoms with Gasteiger partial charge in [-0.15, -0.1) is 0 Å². The molecule has 0 unspecified atom stereocenters. The van der Waals surface area contributed by atoms with Crippen LogP contribution < -0.4 is 10.6 Å². The summed E-state index contributed by atoms with van der Waals surface area (Å²) in [7, 11) is 0. The van der Waals surface area contributed by atoms with Gasteiger partial charge in [0, 0.05) is 43.6 Å². The van der Waals surface area contributed by atoms with E-state index in [1.54, 1.807) is 30.9 Å². The molecule has 0 saturated carbocycles. The van der Waals surface area contributed by atoms with Crippen LogP contribution in [0.1, 0.15) is 27.3 Å². The minimum Gasteiger partial charge on any atom is -0.350 e. The van der Waals surface area contributed by atoms with Crippen LogP contribution in [0.5, 0.6) is 0 Å². The first-order chi connectivity index (χ1) is 12.2. The second kappa shape index (κ2) is 7.96. The van der Waals surface area contributed by atoms with E-state index in [0.717, 1.165) is 16.8 Å². The molecule has 7 heteroatoms. The third kappa shape index (κ3) is 4.81. The van der Waals surface area contributed by atoms with Gasteiger partial charge in [0.05, 0.1) is 0 Å². The van der Waals surface area contributed by atoms with Crippen LogP contribution in [0.4, 0.5) is 5.95 Å². The average Bonchev–Trinajstić information content (AvgIpc) is 2.66. The lowest BCUT2D eigenvalue weighted by Gasteiger charge is -2.09. The predicted octanol–water partition coefficient (Wildman–Crippen LogP) is 2.12. The van der Waals surface area contributed by atoms with Crippen LogP contribution in [0.25, 0.3) is 0 Å². The van der Waals surface area contributed by atoms with E-state index in [9.17, 15) is 4.79 Å². The van der Waals surface area contributed by atoms with Gasteiger partial charge in [0.2, 0.25) is 5.95 Å². The van der Waals surface area contributed by atoms with Crippen LogP contribution in [0.3, 0.4) is 0 Å². The maximum Gasteiger partial charge on any atom is 0.270 e. The highest BCUT2D eigenvalue weighted by Crippen LogP contribution is 2.07. The Kier molecular flexibility index (Phi) is 5.26. The lowest BCUT2D eigenvalue weighted by molar-refractivity contribution is 0.0945. The molecule has 0 fully saturated rings. The van der Waals surface area contributed by atoms with Crippen molar-refractivity contribution >= 4 is 11.9 Å². The van der Waals surface area contributed by atoms with Gasteiger partial charge in [-0.1, -0.05) is 6.07 Å². The molecular weight excluding hydrogens is 316 g/mol. The lowest BCUT2D eigenvalue weighted by atomic mass is 10.2. The fourth-order valence-electron chi connectivity index (χ4n) is 2.22. The molecule has 3 rings (SSSR count). The molecule has 0 aliphatic heterocycles. The molecule has 1 amide bonds. The Balaban J connectivity index is 1.65. The van der Waals surface area contributed by atoms with Crippen LogP contribution in [-0.2, 0) is 13.1 Å². The number of rotatable bonds is 6. The van der Waals surface area contributed by atoms with E-state index in [1.807, 2.05) is 31.2 Å². The number of aryl methyl sites for hydroxylation is 1. The van der Waals surface area contributed by atoms with Gasteiger partial charge in [-0.25, -0.2) is 9.97 Å². The first kappa shape index (κ1) is 16.5. The van der Waals surface area contributed by atoms with Crippen LogP contribution in [0.2, 0.25) is 0 Å². The lowest BCUT2D eigenvalue weighted by Crippen LogP contribution is -2.24. The summed E-state index contributed by atoms with van der Waals surface area (Å²) >= 11 is 0. The quantitative estimate of drug-likeness (QED) is 0.717. The highest BCUT2D eigenvalue weighted by molar-refractivity contribution is 5.92. The smallest absolute Gasteiger partial charge is 0.270 e. The first-order valence-corrected chi connectivity index (χ1v) is 7.86. The second-order valence-electron chi connectivity index (χ2n) is 5.47. The van der Waals surface area contributed by atoms with Crippen LogP contribution >= 0.6 is 0 Å². The Morgan fingerprint density at radius 2 is 1.84 bits per heavy atom. The van der Waals surface area contributed by atoms with Crippen LogP contribution in [0, 0.1) is 6.92 Å². The Labute approximate surface area is 145 Å². The molecule has 3 heterocycles. The Hall–Kier alpha value is -3.35. The van der Waals surface area contributed by atoms with Gasteiger partial charge in [-0.3, -0.25) is 14.8 Å². The number of aromatic nitrogens is 4. The second-order valence-corrected chi connectivity index (χ2v) is 5.47. The van der Waals surface area contributed by atoms with Gasteiger partial charge >= 0.3 is 0 Å². The maximum absolute atomic E-state index is 12.3. The molecular formula is C18H18N6O. The van der Waals surface area contributed by atoms with Crippen LogP contribution in [-0.4, -0.2) is 25.8 Å². The molecule has 3 aromatic rings. The van der Waals surface area contributed by atoms with E-state index in [0.29, 0.717) is 24.7 Å². The number of carbonyl (C=O) groups excluding carboxylic acids is 1. The van der Waals surface area contributed by atoms with Gasteiger partial charge in [-0.2, -0.15) is 0 Å². The topological polar surface area (TPSA) is 92.7 Å². The number of hydrogen-bond acceptors (Lipinski definition) is 6. The predicted molar refractivity (Wildman–Crippen MR) is 93.7 cm³/mol. The number of anilines is 1. The molecule has 0 aliphatic carbocycles. The van der Waals surface area contributed by atoms with Gasteiger partial charge in [-0.05, 0) is 42.3 Å². The van der Waals surface area contributed by atoms with Gasteiger partial charge in [0.25, 0.3) is 5.91 Å². The fourth-order valence-corrected chi connectivity index (χ4v) is 2.22. The maximum atomic E-state index is 12.3. The van der Waals surface area contributed by atoms with E-state index in [1.165, 1.54) is 0 Å². The number of amides is 1. The molecule has 0 radical (unpaired) electrons. The molecule has 0 atom stereocenters. The Morgan fingerprint density at radius 3 is 2.60 bits per heavy atom. The molecule has 0 spiro atoms. The monoisotopic (exact) mass is 334 g/mol. The average molecular weight is 334 g/mol. The summed E-state index contributed by atoms with van der Waals surface area (Å²) in [5.74, 6) is 0.171. The van der Waals surface area contributed by atoms with E-state index in [4.69, 9.17) is 0 Å². The van der Waals surface area contributed by atoms with Crippen molar-refractivity contribution in [3.8, 4) is 0 Å². The van der Waals surface area contributed by atoms with Crippen molar-refractivity contribution in [2.24, 2.45) is 0 Å². The summed E-state index contributed by atoms with van der Waals surface area (Å²) in [6.45, 7) is 2.79. The number of nitrogens with zero attached hydrogens (tertiary/aromatic N) is 4. The molecule has 7 nitrogen and oxygen atoms in total. The van der Waals surface area contributed by atoms with Crippen molar-refractivity contribution in [3.63, 3.8) is 0 Å². The molecule has 25 heavy (non-hydrogen) atoms. The summed E-state index contributed by atoms with van der Waals surface area (Å²) in [6, 6.07) is 9.19. The van der Waals surface area contributed by atoms with E-state index >= 15 is 0 Å². The number of hydrogen-bond donors (Lipinski definition) is 2. The van der Waals surface area contributed by atoms with Crippen molar-refractivity contribution in [3.05, 3.63) is 77.6 Å². The van der Waals surface area contributed by atoms with Crippen molar-refractivity contribution in [2.45, 2.75) is 20.0 Å². The molecule has 0 bridgehead atoms. The zero-order valence-electron chi connectivity index (χ0n) is 13.8. The van der Waals surface area contributed by atoms with E-state index in [2.05, 4.69) is 30.6 Å². The third-order valence-corrected chi connectivity index (χ3v) is 3.46. The Morgan fingerprint density at radius 1 is 1.00 bits per heavy atom. The highest BCUT2D eigenvalue weighted by Gasteiger charge is 2.10. The number of nitrogens with one attached hydrogen (secondary N) is 2. The van der Waals surface area contributed by atoms with Crippen molar-refractivity contribution in [2.75, 3.05) is 5.32 Å². The minimum absolute atomic E-state index is 0.244. The summed E-state index contributed by atoms with van der Waals surface area (Å²) < 4.78 is 0. The third-order valence-electron chi connectivity index (χ3n) is 3.46. The summed E-state index contributed by atoms with van der Waals surface area (Å²) in [5.41, 5.74) is 3.04. The van der Waals surface area contributed by atoms with Gasteiger partial charge < -0.3 is 10.6 Å². The van der Waals surface area contributed by atoms with Crippen LogP contribution in [0.15, 0.2) is 55.1 Å². The summed E-state index contributed by atoms with van der Waals surface area (Å²) in [6.07, 6.45) is 6.87. The number of carbonyl (C=O) groups is 1. The zero-order chi connectivity index (χ0) is 17.5. The summed E-state index contributed by atoms with van der Waals surface area (Å²) in [5, 5.41) is 5.97. The zero-order valence-corrected chi connectivity index (χ0v) is 13.8. The molecule has 2 N–H and O–H groups in total. The molecule has 0 saturated heterocycles. The minimum atomic E-state index is -0.244. The molecule has 3 aromatic heterocycles. The van der Waals surface area contributed by atoms with Gasteiger partial charge in [0.15, 0.2) is 0 Å². The number of pyridine rings is 2. The first-order valence-electron chi connectivity index (χ1n) is 7.86. The van der Waals surface area contributed by atoms with Gasteiger partial charge in [0.1, 0.15) is 5.69 Å². The molecule has 126 valence electrons. The molecule has 0 aromatic carbocycles. The molecule has 0 aliphatic rings. The fraction of sp³-hybridized carbons (Fsp3) is 0.167. The van der Waals surface area contributed by atoms with E-state index < -0.39 is 0 Å². The van der Waals surface area contributed by atoms with Crippen molar-refractivity contribution < 1.29 is 4.79 Å². The standard InChI is InChI=1S/C18H18N6O/c1-13-9-16(17(25)21-11-14-4-7-19-8-5-14)24-18(23-13)22-12-15-3-2-6-20-10-15/h2-10H,11-12H2,1H3,(H,21,25)(H,22,23,24). The van der Waals surface area contributed by atoms with E-state index in [-0.39, 0.29) is 5.91 Å². The summed E-state index contributed by atoms with van der Waals surface area (Å²) in [4.78, 5) is 29.0. The van der Waals surface area contributed by atoms with Crippen molar-refractivity contribution in [1.29, 1.82) is 0 Å². The normalized spacial score (nSPS) is 10.3. The SMILES string of the molecule is Cc1cc(C(=O)NCc2ccncc2)nc(NCc2cccnc2)n1. The van der Waals surface area contributed by atoms with Crippen molar-refractivity contribution in [1.82, 2.24) is 25.3 Å². The largest absolute Gasteiger partial charge is 0.350 e. The highest BCUT2D eigenvalue weighted by atomic mass is 16.1.